The van der Waals surface area contributed by atoms with E-state index in [-0.39, 0.29) is 60.6 Å². The van der Waals surface area contributed by atoms with Crippen LogP contribution in [0.2, 0.25) is 0 Å². The lowest BCUT2D eigenvalue weighted by Crippen LogP contribution is -2.51. The molecule has 10 heteroatoms. The van der Waals surface area contributed by atoms with Gasteiger partial charge in [0.15, 0.2) is 0 Å². The number of fused-ring (bicyclic) bond motifs is 5. The van der Waals surface area contributed by atoms with E-state index in [0.29, 0.717) is 31.6 Å². The van der Waals surface area contributed by atoms with E-state index >= 15 is 0 Å². The number of ether oxygens (including phenoxy) is 1. The minimum Gasteiger partial charge on any atom is -0.461 e. The highest BCUT2D eigenvalue weighted by atomic mass is 35.5. The number of nitrogens with one attached hydrogen (secondary N) is 1. The first-order valence-corrected chi connectivity index (χ1v) is 20.3. The van der Waals surface area contributed by atoms with E-state index in [1.165, 1.54) is 56.9 Å². The van der Waals surface area contributed by atoms with Crippen molar-refractivity contribution in [3.8, 4) is 0 Å². The average molecular weight is 780 g/mol. The van der Waals surface area contributed by atoms with Crippen molar-refractivity contribution in [2.45, 2.75) is 144 Å². The minimum absolute atomic E-state index is 0. The standard InChI is InChI=1S/C41H74N4O3.3ClH/c1-29(2)12-9-13-30(3)35-16-17-36-34-15-14-32-28-33(18-20-40(32,5)37(34)19-21-41(35,36)6)48-39(47)31(4)38(46)45(27-11-23-43)26-8-7-24-44-25-10-22-42;;;/h14,29-31,33-37,44H,7-13,15-28,42-43H2,1-6H3;3*1H. The normalized spacial score (nSPS) is 30.6. The van der Waals surface area contributed by atoms with E-state index in [9.17, 15) is 9.59 Å². The summed E-state index contributed by atoms with van der Waals surface area (Å²) in [5.74, 6) is 3.63. The van der Waals surface area contributed by atoms with E-state index < -0.39 is 5.92 Å². The lowest BCUT2D eigenvalue weighted by Gasteiger charge is -2.58. The Balaban J connectivity index is 0.00000433. The maximum Gasteiger partial charge on any atom is 0.318 e. The summed E-state index contributed by atoms with van der Waals surface area (Å²) in [4.78, 5) is 28.7. The molecule has 1 amide bonds. The molecule has 3 fully saturated rings. The van der Waals surface area contributed by atoms with Gasteiger partial charge in [-0.05, 0) is 150 Å². The number of carbonyl (C=O) groups excluding carboxylic acids is 2. The van der Waals surface area contributed by atoms with Crippen LogP contribution in [0.1, 0.15) is 138 Å². The van der Waals surface area contributed by atoms with Gasteiger partial charge in [0.25, 0.3) is 0 Å². The van der Waals surface area contributed by atoms with Crippen molar-refractivity contribution >= 4 is 49.1 Å². The molecule has 0 spiro atoms. The van der Waals surface area contributed by atoms with E-state index in [1.54, 1.807) is 6.92 Å². The molecule has 0 aliphatic heterocycles. The number of rotatable bonds is 19. The molecule has 0 aromatic heterocycles. The van der Waals surface area contributed by atoms with Crippen LogP contribution in [0, 0.1) is 52.3 Å². The van der Waals surface area contributed by atoms with Crippen LogP contribution in [0.3, 0.4) is 0 Å². The lowest BCUT2D eigenvalue weighted by atomic mass is 9.47. The van der Waals surface area contributed by atoms with Gasteiger partial charge in [-0.2, -0.15) is 0 Å². The maximum atomic E-state index is 13.5. The maximum absolute atomic E-state index is 13.5. The molecule has 4 aliphatic carbocycles. The number of unbranched alkanes of at least 4 members (excludes halogenated alkanes) is 1. The molecular formula is C41H77Cl3N4O3. The number of esters is 1. The van der Waals surface area contributed by atoms with Gasteiger partial charge in [0.1, 0.15) is 12.0 Å². The lowest BCUT2D eigenvalue weighted by molar-refractivity contribution is -0.161. The second-order valence-electron chi connectivity index (χ2n) is 17.4. The van der Waals surface area contributed by atoms with Crippen molar-refractivity contribution in [1.29, 1.82) is 0 Å². The second kappa shape index (κ2) is 22.7. The number of carbonyl (C=O) groups is 2. The molecule has 0 aromatic rings. The van der Waals surface area contributed by atoms with Crippen LogP contribution in [-0.4, -0.2) is 62.1 Å². The van der Waals surface area contributed by atoms with Gasteiger partial charge in [0.2, 0.25) is 5.91 Å². The van der Waals surface area contributed by atoms with Crippen molar-refractivity contribution in [1.82, 2.24) is 10.2 Å². The molecule has 0 saturated heterocycles. The fraction of sp³-hybridized carbons (Fsp3) is 0.902. The molecule has 4 aliphatic rings. The van der Waals surface area contributed by atoms with Gasteiger partial charge in [-0.1, -0.05) is 65.5 Å². The Morgan fingerprint density at radius 1 is 0.863 bits per heavy atom. The Morgan fingerprint density at radius 3 is 2.24 bits per heavy atom. The van der Waals surface area contributed by atoms with Crippen LogP contribution in [0.5, 0.6) is 0 Å². The molecule has 0 aromatic carbocycles. The summed E-state index contributed by atoms with van der Waals surface area (Å²) in [6.45, 7) is 18.5. The van der Waals surface area contributed by atoms with Crippen molar-refractivity contribution < 1.29 is 14.3 Å². The Hall–Kier alpha value is -0.570. The molecule has 300 valence electrons. The highest BCUT2D eigenvalue weighted by Gasteiger charge is 2.59. The quantitative estimate of drug-likeness (QED) is 0.0524. The van der Waals surface area contributed by atoms with Crippen LogP contribution < -0.4 is 16.8 Å². The van der Waals surface area contributed by atoms with Crippen molar-refractivity contribution in [2.75, 3.05) is 39.3 Å². The predicted octanol–water partition coefficient (Wildman–Crippen LogP) is 8.74. The summed E-state index contributed by atoms with van der Waals surface area (Å²) in [5.41, 5.74) is 13.6. The molecule has 0 bridgehead atoms. The number of nitrogens with zero attached hydrogens (tertiary/aromatic N) is 1. The third-order valence-electron chi connectivity index (χ3n) is 13.8. The fourth-order valence-electron chi connectivity index (χ4n) is 10.9. The molecule has 9 atom stereocenters. The number of halogens is 3. The Kier molecular flexibility index (Phi) is 21.6. The van der Waals surface area contributed by atoms with Crippen LogP contribution in [0.25, 0.3) is 0 Å². The molecule has 9 unspecified atom stereocenters. The number of amides is 1. The molecule has 3 saturated carbocycles. The number of hydrogen-bond acceptors (Lipinski definition) is 6. The first-order chi connectivity index (χ1) is 23.0. The minimum atomic E-state index is -0.789. The Labute approximate surface area is 331 Å². The smallest absolute Gasteiger partial charge is 0.318 e. The molecule has 0 radical (unpaired) electrons. The van der Waals surface area contributed by atoms with Crippen LogP contribution >= 0.6 is 37.2 Å². The van der Waals surface area contributed by atoms with Gasteiger partial charge in [-0.3, -0.25) is 9.59 Å². The average Bonchev–Trinajstić information content (AvgIpc) is 3.42. The summed E-state index contributed by atoms with van der Waals surface area (Å²) >= 11 is 0. The summed E-state index contributed by atoms with van der Waals surface area (Å²) < 4.78 is 6.14. The Bertz CT molecular complexity index is 1080. The highest BCUT2D eigenvalue weighted by Crippen LogP contribution is 2.67. The summed E-state index contributed by atoms with van der Waals surface area (Å²) in [7, 11) is 0. The zero-order chi connectivity index (χ0) is 34.9. The molecule has 5 N–H and O–H groups in total. The van der Waals surface area contributed by atoms with Crippen molar-refractivity contribution in [3.63, 3.8) is 0 Å². The first kappa shape index (κ1) is 48.4. The second-order valence-corrected chi connectivity index (χ2v) is 17.4. The van der Waals surface area contributed by atoms with Crippen LogP contribution in [0.4, 0.5) is 0 Å². The van der Waals surface area contributed by atoms with Gasteiger partial charge >= 0.3 is 5.97 Å². The number of hydrogen-bond donors (Lipinski definition) is 3. The van der Waals surface area contributed by atoms with Gasteiger partial charge < -0.3 is 26.4 Å². The largest absolute Gasteiger partial charge is 0.461 e. The van der Waals surface area contributed by atoms with Crippen molar-refractivity contribution in [2.24, 2.45) is 63.7 Å². The topological polar surface area (TPSA) is 111 Å². The van der Waals surface area contributed by atoms with Gasteiger partial charge in [0.05, 0.1) is 0 Å². The van der Waals surface area contributed by atoms with Gasteiger partial charge in [-0.15, -0.1) is 37.2 Å². The zero-order valence-electron chi connectivity index (χ0n) is 33.1. The van der Waals surface area contributed by atoms with E-state index in [4.69, 9.17) is 16.2 Å². The van der Waals surface area contributed by atoms with Crippen LogP contribution in [0.15, 0.2) is 11.6 Å². The molecule has 51 heavy (non-hydrogen) atoms. The molecule has 0 heterocycles. The molecular weight excluding hydrogens is 703 g/mol. The number of nitrogens with two attached hydrogens (primary N) is 2. The molecule has 7 nitrogen and oxygen atoms in total. The van der Waals surface area contributed by atoms with Gasteiger partial charge in [0, 0.05) is 19.5 Å². The summed E-state index contributed by atoms with van der Waals surface area (Å²) in [6, 6.07) is 0. The van der Waals surface area contributed by atoms with Gasteiger partial charge in [-0.25, -0.2) is 0 Å². The first-order valence-electron chi connectivity index (χ1n) is 20.3. The predicted molar refractivity (Wildman–Crippen MR) is 220 cm³/mol. The monoisotopic (exact) mass is 779 g/mol. The molecule has 4 rings (SSSR count). The summed E-state index contributed by atoms with van der Waals surface area (Å²) in [6.07, 6.45) is 19.7. The van der Waals surface area contributed by atoms with Crippen molar-refractivity contribution in [3.05, 3.63) is 11.6 Å². The van der Waals surface area contributed by atoms with Crippen LogP contribution in [-0.2, 0) is 14.3 Å². The highest BCUT2D eigenvalue weighted by molar-refractivity contribution is 5.97. The summed E-state index contributed by atoms with van der Waals surface area (Å²) in [5, 5.41) is 3.40. The SMILES string of the molecule is CC(C)CCCC(C)C1CCC2C3CC=C4CC(OC(=O)C(C)C(=O)N(CCCN)CCCCNCCCN)CCC4(C)C3CCC12C.Cl.Cl.Cl. The fourth-order valence-corrected chi connectivity index (χ4v) is 10.9. The Morgan fingerprint density at radius 2 is 1.55 bits per heavy atom. The zero-order valence-corrected chi connectivity index (χ0v) is 35.5. The van der Waals surface area contributed by atoms with E-state index in [2.05, 4.69) is 46.0 Å². The van der Waals surface area contributed by atoms with E-state index in [1.807, 2.05) is 4.90 Å². The third-order valence-corrected chi connectivity index (χ3v) is 13.8. The van der Waals surface area contributed by atoms with E-state index in [0.717, 1.165) is 93.5 Å². The third kappa shape index (κ3) is 12.0. The number of allylic oxidation sites excluding steroid dienone is 1.